The van der Waals surface area contributed by atoms with Crippen molar-refractivity contribution in [1.82, 2.24) is 9.78 Å². The highest BCUT2D eigenvalue weighted by Gasteiger charge is 2.23. The van der Waals surface area contributed by atoms with Gasteiger partial charge in [0, 0.05) is 12.1 Å². The van der Waals surface area contributed by atoms with Gasteiger partial charge in [0.25, 0.3) is 0 Å². The van der Waals surface area contributed by atoms with E-state index >= 15 is 0 Å². The van der Waals surface area contributed by atoms with Crippen molar-refractivity contribution >= 4 is 12.3 Å². The zero-order valence-electron chi connectivity index (χ0n) is 8.69. The summed E-state index contributed by atoms with van der Waals surface area (Å²) in [6.07, 6.45) is 14.1. The van der Waals surface area contributed by atoms with E-state index < -0.39 is 0 Å². The molecule has 2 aliphatic rings. The summed E-state index contributed by atoms with van der Waals surface area (Å²) < 4.78 is 1.87. The van der Waals surface area contributed by atoms with E-state index in [0.717, 1.165) is 6.42 Å². The molecule has 0 amide bonds. The fraction of sp³-hybridized carbons (Fsp3) is 0.308. The van der Waals surface area contributed by atoms with Crippen LogP contribution in [0.25, 0.3) is 12.3 Å². The molecule has 0 bridgehead atoms. The molecule has 15 heavy (non-hydrogen) atoms. The lowest BCUT2D eigenvalue weighted by Crippen LogP contribution is -2.13. The first-order valence-corrected chi connectivity index (χ1v) is 5.44. The first kappa shape index (κ1) is 8.72. The van der Waals surface area contributed by atoms with Crippen LogP contribution in [-0.4, -0.2) is 9.78 Å². The standard InChI is InChI=1S/C13H14N2/c1-2-15-13-8-11-6-4-3-5-10(11)7-12(13)9-14-15/h2-3,5,8-10H,1,4,6-7H2. The summed E-state index contributed by atoms with van der Waals surface area (Å²) in [5.74, 6) is 0.619. The van der Waals surface area contributed by atoms with E-state index in [4.69, 9.17) is 0 Å². The number of hydrogen-bond acceptors (Lipinski definition) is 1. The molecule has 0 radical (unpaired) electrons. The van der Waals surface area contributed by atoms with Crippen molar-refractivity contribution in [2.24, 2.45) is 5.92 Å². The van der Waals surface area contributed by atoms with E-state index in [2.05, 4.69) is 29.9 Å². The molecule has 76 valence electrons. The van der Waals surface area contributed by atoms with Gasteiger partial charge < -0.3 is 0 Å². The summed E-state index contributed by atoms with van der Waals surface area (Å²) >= 11 is 0. The molecule has 0 fully saturated rings. The molecule has 3 rings (SSSR count). The Bertz CT molecular complexity index is 463. The van der Waals surface area contributed by atoms with Crippen molar-refractivity contribution in [3.8, 4) is 0 Å². The Hall–Kier alpha value is -1.57. The van der Waals surface area contributed by atoms with Crippen molar-refractivity contribution in [2.45, 2.75) is 19.3 Å². The molecular formula is C13H14N2. The number of aromatic nitrogens is 2. The summed E-state index contributed by atoms with van der Waals surface area (Å²) in [6, 6.07) is 0. The second-order valence-electron chi connectivity index (χ2n) is 4.18. The average molecular weight is 198 g/mol. The normalized spacial score (nSPS) is 22.9. The van der Waals surface area contributed by atoms with Crippen LogP contribution in [0.15, 0.2) is 30.5 Å². The van der Waals surface area contributed by atoms with Crippen LogP contribution in [0.1, 0.15) is 24.1 Å². The van der Waals surface area contributed by atoms with Crippen LogP contribution in [0.5, 0.6) is 0 Å². The molecular weight excluding hydrogens is 184 g/mol. The van der Waals surface area contributed by atoms with Crippen LogP contribution in [0.2, 0.25) is 0 Å². The van der Waals surface area contributed by atoms with Gasteiger partial charge in [0.15, 0.2) is 0 Å². The lowest BCUT2D eigenvalue weighted by Gasteiger charge is -2.24. The van der Waals surface area contributed by atoms with E-state index in [1.807, 2.05) is 10.9 Å². The number of allylic oxidation sites excluding steroid dienone is 3. The van der Waals surface area contributed by atoms with Crippen LogP contribution in [0.4, 0.5) is 0 Å². The smallest absolute Gasteiger partial charge is 0.0693 e. The maximum absolute atomic E-state index is 4.30. The Morgan fingerprint density at radius 3 is 3.33 bits per heavy atom. The summed E-state index contributed by atoms with van der Waals surface area (Å²) in [6.45, 7) is 3.77. The van der Waals surface area contributed by atoms with Gasteiger partial charge in [-0.25, -0.2) is 4.68 Å². The highest BCUT2D eigenvalue weighted by molar-refractivity contribution is 5.60. The summed E-state index contributed by atoms with van der Waals surface area (Å²) in [5, 5.41) is 4.30. The zero-order chi connectivity index (χ0) is 10.3. The molecule has 2 aliphatic carbocycles. The molecule has 0 spiro atoms. The van der Waals surface area contributed by atoms with Gasteiger partial charge in [0.1, 0.15) is 0 Å². The molecule has 1 unspecified atom stereocenters. The van der Waals surface area contributed by atoms with E-state index in [0.29, 0.717) is 5.92 Å². The third kappa shape index (κ3) is 1.29. The van der Waals surface area contributed by atoms with Crippen molar-refractivity contribution in [2.75, 3.05) is 0 Å². The Labute approximate surface area is 89.6 Å². The molecule has 0 saturated heterocycles. The molecule has 1 atom stereocenters. The van der Waals surface area contributed by atoms with Crippen LogP contribution < -0.4 is 0 Å². The summed E-state index contributed by atoms with van der Waals surface area (Å²) in [4.78, 5) is 0. The highest BCUT2D eigenvalue weighted by atomic mass is 15.3. The van der Waals surface area contributed by atoms with Gasteiger partial charge in [-0.2, -0.15) is 5.10 Å². The maximum Gasteiger partial charge on any atom is 0.0693 e. The van der Waals surface area contributed by atoms with Crippen molar-refractivity contribution in [1.29, 1.82) is 0 Å². The van der Waals surface area contributed by atoms with Crippen molar-refractivity contribution < 1.29 is 0 Å². The summed E-state index contributed by atoms with van der Waals surface area (Å²) in [5.41, 5.74) is 4.12. The minimum Gasteiger partial charge on any atom is -0.241 e. The minimum absolute atomic E-state index is 0.619. The van der Waals surface area contributed by atoms with E-state index in [-0.39, 0.29) is 0 Å². The predicted octanol–water partition coefficient (Wildman–Crippen LogP) is 2.89. The Morgan fingerprint density at radius 2 is 2.47 bits per heavy atom. The molecule has 2 heteroatoms. The van der Waals surface area contributed by atoms with Crippen molar-refractivity contribution in [3.63, 3.8) is 0 Å². The molecule has 0 aliphatic heterocycles. The van der Waals surface area contributed by atoms with Gasteiger partial charge in [0.05, 0.1) is 11.9 Å². The van der Waals surface area contributed by atoms with Gasteiger partial charge in [-0.15, -0.1) is 0 Å². The molecule has 0 N–H and O–H groups in total. The predicted molar refractivity (Wildman–Crippen MR) is 62.2 cm³/mol. The van der Waals surface area contributed by atoms with Crippen LogP contribution in [0, 0.1) is 5.92 Å². The molecule has 1 aromatic rings. The van der Waals surface area contributed by atoms with E-state index in [1.54, 1.807) is 11.8 Å². The first-order chi connectivity index (χ1) is 7.38. The fourth-order valence-electron chi connectivity index (χ4n) is 2.48. The topological polar surface area (TPSA) is 17.8 Å². The number of rotatable bonds is 1. The molecule has 1 heterocycles. The highest BCUT2D eigenvalue weighted by Crippen LogP contribution is 2.34. The van der Waals surface area contributed by atoms with Gasteiger partial charge >= 0.3 is 0 Å². The van der Waals surface area contributed by atoms with E-state index in [1.165, 1.54) is 24.1 Å². The number of nitrogens with zero attached hydrogens (tertiary/aromatic N) is 2. The van der Waals surface area contributed by atoms with Gasteiger partial charge in [-0.05, 0) is 30.9 Å². The molecule has 2 nitrogen and oxygen atoms in total. The van der Waals surface area contributed by atoms with Crippen LogP contribution in [-0.2, 0) is 6.42 Å². The Balaban J connectivity index is 2.10. The lowest BCUT2D eigenvalue weighted by molar-refractivity contribution is 0.673. The lowest BCUT2D eigenvalue weighted by atomic mass is 9.81. The quantitative estimate of drug-likeness (QED) is 0.634. The zero-order valence-corrected chi connectivity index (χ0v) is 8.69. The van der Waals surface area contributed by atoms with Crippen LogP contribution in [0.3, 0.4) is 0 Å². The Kier molecular flexibility index (Phi) is 1.88. The molecule has 0 saturated carbocycles. The maximum atomic E-state index is 4.30. The summed E-state index contributed by atoms with van der Waals surface area (Å²) in [7, 11) is 0. The third-order valence-corrected chi connectivity index (χ3v) is 3.29. The van der Waals surface area contributed by atoms with Crippen LogP contribution >= 0.6 is 0 Å². The fourth-order valence-corrected chi connectivity index (χ4v) is 2.48. The van der Waals surface area contributed by atoms with Crippen molar-refractivity contribution in [3.05, 3.63) is 41.8 Å². The largest absolute Gasteiger partial charge is 0.241 e. The minimum atomic E-state index is 0.619. The number of fused-ring (bicyclic) bond motifs is 2. The van der Waals surface area contributed by atoms with E-state index in [9.17, 15) is 0 Å². The third-order valence-electron chi connectivity index (χ3n) is 3.29. The SMILES string of the molecule is C=Cn1ncc2c1C=C1CCC=CC1C2. The monoisotopic (exact) mass is 198 g/mol. The average Bonchev–Trinajstić information content (AvgIpc) is 2.68. The number of hydrogen-bond donors (Lipinski definition) is 0. The Morgan fingerprint density at radius 1 is 1.53 bits per heavy atom. The van der Waals surface area contributed by atoms with Gasteiger partial charge in [-0.1, -0.05) is 24.3 Å². The first-order valence-electron chi connectivity index (χ1n) is 5.44. The van der Waals surface area contributed by atoms with Gasteiger partial charge in [0.2, 0.25) is 0 Å². The molecule has 0 aromatic carbocycles. The molecule has 1 aromatic heterocycles. The second-order valence-corrected chi connectivity index (χ2v) is 4.18. The van der Waals surface area contributed by atoms with Gasteiger partial charge in [-0.3, -0.25) is 0 Å². The second kappa shape index (κ2) is 3.23.